The zero-order valence-corrected chi connectivity index (χ0v) is 20.9. The highest BCUT2D eigenvalue weighted by molar-refractivity contribution is 6.30. The van der Waals surface area contributed by atoms with Crippen molar-refractivity contribution in [1.29, 1.82) is 0 Å². The van der Waals surface area contributed by atoms with Gasteiger partial charge in [0.05, 0.1) is 0 Å². The third-order valence-corrected chi connectivity index (χ3v) is 6.51. The van der Waals surface area contributed by atoms with E-state index in [0.717, 1.165) is 35.5 Å². The molecule has 0 bridgehead atoms. The zero-order valence-electron chi connectivity index (χ0n) is 20.2. The van der Waals surface area contributed by atoms with Gasteiger partial charge in [0, 0.05) is 40.5 Å². The van der Waals surface area contributed by atoms with Crippen LogP contribution in [0.25, 0.3) is 0 Å². The van der Waals surface area contributed by atoms with Crippen molar-refractivity contribution < 1.29 is 14.3 Å². The Hall–Kier alpha value is -3.64. The van der Waals surface area contributed by atoms with E-state index in [2.05, 4.69) is 41.6 Å². The molecule has 1 aliphatic heterocycles. The largest absolute Gasteiger partial charge is 0.372 e. The fourth-order valence-corrected chi connectivity index (χ4v) is 4.42. The lowest BCUT2D eigenvalue weighted by atomic mass is 9.99. The van der Waals surface area contributed by atoms with Crippen molar-refractivity contribution in [3.05, 3.63) is 100 Å². The lowest BCUT2D eigenvalue weighted by Crippen LogP contribution is -2.42. The molecule has 1 saturated heterocycles. The number of rotatable bonds is 7. The number of hydrogen-bond acceptors (Lipinski definition) is 3. The number of aryl methyl sites for hydroxylation is 1. The van der Waals surface area contributed by atoms with Gasteiger partial charge in [0.25, 0.3) is 5.91 Å². The lowest BCUT2D eigenvalue weighted by molar-refractivity contribution is -0.596. The van der Waals surface area contributed by atoms with Gasteiger partial charge in [0.2, 0.25) is 12.3 Å². The van der Waals surface area contributed by atoms with Crippen molar-refractivity contribution in [2.45, 2.75) is 32.9 Å². The zero-order chi connectivity index (χ0) is 24.9. The molecular formula is C28H30ClN4O2+. The molecule has 0 radical (unpaired) electrons. The number of nitrogens with zero attached hydrogens (tertiary/aromatic N) is 2. The summed E-state index contributed by atoms with van der Waals surface area (Å²) in [6.45, 7) is 8.09. The van der Waals surface area contributed by atoms with E-state index in [-0.39, 0.29) is 11.8 Å². The van der Waals surface area contributed by atoms with Crippen LogP contribution in [0.15, 0.2) is 72.8 Å². The molecule has 1 aliphatic rings. The van der Waals surface area contributed by atoms with E-state index in [1.807, 2.05) is 49.5 Å². The summed E-state index contributed by atoms with van der Waals surface area (Å²) < 4.78 is 1.76. The minimum atomic E-state index is -0.781. The maximum Gasteiger partial charge on any atom is 0.304 e. The number of nitrogens with one attached hydrogen (secondary N) is 2. The Morgan fingerprint density at radius 1 is 1.00 bits per heavy atom. The Bertz CT molecular complexity index is 1220. The molecule has 0 aromatic heterocycles. The van der Waals surface area contributed by atoms with Crippen molar-refractivity contribution in [1.82, 2.24) is 10.7 Å². The molecule has 6 nitrogen and oxygen atoms in total. The van der Waals surface area contributed by atoms with Crippen molar-refractivity contribution >= 4 is 35.3 Å². The predicted octanol–water partition coefficient (Wildman–Crippen LogP) is 4.51. The number of amides is 2. The number of hydrazine groups is 1. The summed E-state index contributed by atoms with van der Waals surface area (Å²) in [5.74, 6) is -0.573. The van der Waals surface area contributed by atoms with Crippen LogP contribution in [0, 0.1) is 6.92 Å². The summed E-state index contributed by atoms with van der Waals surface area (Å²) in [6, 6.07) is 21.6. The maximum absolute atomic E-state index is 13.0. The van der Waals surface area contributed by atoms with Gasteiger partial charge in [-0.15, -0.1) is 10.1 Å². The molecule has 2 atom stereocenters. The normalized spacial score (nSPS) is 18.4. The first-order valence-corrected chi connectivity index (χ1v) is 12.2. The van der Waals surface area contributed by atoms with Crippen LogP contribution < -0.4 is 15.6 Å². The minimum absolute atomic E-state index is 0.276. The Kier molecular flexibility index (Phi) is 7.51. The van der Waals surface area contributed by atoms with Crippen LogP contribution in [-0.2, 0) is 4.79 Å². The smallest absolute Gasteiger partial charge is 0.304 e. The lowest BCUT2D eigenvalue weighted by Gasteiger charge is -2.20. The minimum Gasteiger partial charge on any atom is -0.372 e. The summed E-state index contributed by atoms with van der Waals surface area (Å²) in [4.78, 5) is 28.3. The van der Waals surface area contributed by atoms with Crippen LogP contribution in [-0.4, -0.2) is 41.8 Å². The number of carbonyl (C=O) groups excluding carboxylic acids is 2. The van der Waals surface area contributed by atoms with Crippen LogP contribution in [0.2, 0.25) is 5.02 Å². The predicted molar refractivity (Wildman–Crippen MR) is 140 cm³/mol. The molecule has 35 heavy (non-hydrogen) atoms. The van der Waals surface area contributed by atoms with Crippen molar-refractivity contribution in [3.63, 3.8) is 0 Å². The number of benzene rings is 3. The van der Waals surface area contributed by atoms with E-state index >= 15 is 0 Å². The molecule has 4 rings (SSSR count). The van der Waals surface area contributed by atoms with E-state index < -0.39 is 12.1 Å². The molecule has 2 N–H and O–H groups in total. The quantitative estimate of drug-likeness (QED) is 0.480. The fraction of sp³-hybridized carbons (Fsp3) is 0.250. The number of anilines is 1. The molecule has 180 valence electrons. The molecule has 3 aromatic carbocycles. The van der Waals surface area contributed by atoms with Crippen LogP contribution in [0.1, 0.15) is 46.9 Å². The summed E-state index contributed by atoms with van der Waals surface area (Å²) in [5.41, 5.74) is 7.43. The van der Waals surface area contributed by atoms with Gasteiger partial charge in [-0.25, -0.2) is 0 Å². The first-order valence-electron chi connectivity index (χ1n) is 11.8. The molecule has 2 amide bonds. The van der Waals surface area contributed by atoms with Gasteiger partial charge < -0.3 is 10.2 Å². The average molecular weight is 490 g/mol. The number of hydrazone groups is 1. The monoisotopic (exact) mass is 489 g/mol. The van der Waals surface area contributed by atoms with E-state index in [4.69, 9.17) is 11.6 Å². The number of hydrogen-bond donors (Lipinski definition) is 2. The highest BCUT2D eigenvalue weighted by Gasteiger charge is 2.47. The summed E-state index contributed by atoms with van der Waals surface area (Å²) >= 11 is 6.11. The van der Waals surface area contributed by atoms with Gasteiger partial charge in [-0.3, -0.25) is 9.59 Å². The van der Waals surface area contributed by atoms with Gasteiger partial charge in [-0.1, -0.05) is 41.4 Å². The third kappa shape index (κ3) is 5.54. The second-order valence-corrected chi connectivity index (χ2v) is 9.03. The maximum atomic E-state index is 13.0. The summed E-state index contributed by atoms with van der Waals surface area (Å²) in [7, 11) is 0. The van der Waals surface area contributed by atoms with Gasteiger partial charge in [-0.05, 0) is 69.3 Å². The van der Waals surface area contributed by atoms with Crippen molar-refractivity contribution in [2.75, 3.05) is 18.0 Å². The van der Waals surface area contributed by atoms with Crippen LogP contribution in [0.4, 0.5) is 5.69 Å². The molecule has 3 aromatic rings. The van der Waals surface area contributed by atoms with E-state index in [9.17, 15) is 9.59 Å². The van der Waals surface area contributed by atoms with E-state index in [0.29, 0.717) is 10.6 Å². The molecule has 7 heteroatoms. The Balaban J connectivity index is 1.66. The molecular weight excluding hydrogens is 460 g/mol. The highest BCUT2D eigenvalue weighted by atomic mass is 35.5. The first-order chi connectivity index (χ1) is 16.9. The number of halogens is 1. The molecule has 1 fully saturated rings. The Labute approximate surface area is 211 Å². The summed E-state index contributed by atoms with van der Waals surface area (Å²) in [6.07, 6.45) is 1.89. The van der Waals surface area contributed by atoms with Crippen LogP contribution >= 0.6 is 11.6 Å². The van der Waals surface area contributed by atoms with Crippen molar-refractivity contribution in [2.24, 2.45) is 0 Å². The van der Waals surface area contributed by atoms with Crippen LogP contribution in [0.5, 0.6) is 0 Å². The molecule has 0 unspecified atom stereocenters. The molecule has 0 saturated carbocycles. The Morgan fingerprint density at radius 3 is 2.23 bits per heavy atom. The van der Waals surface area contributed by atoms with E-state index in [1.165, 1.54) is 0 Å². The average Bonchev–Trinajstić information content (AvgIpc) is 3.16. The van der Waals surface area contributed by atoms with Crippen LogP contribution in [0.3, 0.4) is 0 Å². The van der Waals surface area contributed by atoms with E-state index in [1.54, 1.807) is 28.9 Å². The first kappa shape index (κ1) is 24.5. The Morgan fingerprint density at radius 2 is 1.63 bits per heavy atom. The fourth-order valence-electron chi connectivity index (χ4n) is 4.29. The van der Waals surface area contributed by atoms with Gasteiger partial charge in [0.1, 0.15) is 0 Å². The van der Waals surface area contributed by atoms with Gasteiger partial charge in [-0.2, -0.15) is 0 Å². The standard InChI is InChI=1S/C28H29ClN4O2/c1-4-32(5-2)24-16-8-20(9-17-24)18-33-26(21-12-14-23(29)15-13-21)25(28(35)31-33)30-27(34)22-10-6-19(3)7-11-22/h6-18,25-26H,4-5H2,1-3H3,(H-,30,31,34,35)/p+1/t25-,26-/m1/s1. The van der Waals surface area contributed by atoms with Gasteiger partial charge in [0.15, 0.2) is 6.04 Å². The second kappa shape index (κ2) is 10.7. The van der Waals surface area contributed by atoms with Crippen molar-refractivity contribution in [3.8, 4) is 0 Å². The summed E-state index contributed by atoms with van der Waals surface area (Å²) in [5, 5.41) is 3.54. The molecule has 0 aliphatic carbocycles. The second-order valence-electron chi connectivity index (χ2n) is 8.59. The topological polar surface area (TPSA) is 64.5 Å². The van der Waals surface area contributed by atoms with Gasteiger partial charge >= 0.3 is 5.91 Å². The highest BCUT2D eigenvalue weighted by Crippen LogP contribution is 2.27. The molecule has 0 spiro atoms. The molecule has 1 heterocycles. The SMILES string of the molecule is CCN(CC)c1ccc(/C=[N+]2\NC(=O)[C@H](NC(=O)c3ccc(C)cc3)[C@H]2c2ccc(Cl)cc2)cc1. The number of carbonyl (C=O) groups is 2. The third-order valence-electron chi connectivity index (χ3n) is 6.26.